The summed E-state index contributed by atoms with van der Waals surface area (Å²) in [5, 5.41) is 8.59. The van der Waals surface area contributed by atoms with E-state index in [2.05, 4.69) is 10.3 Å². The summed E-state index contributed by atoms with van der Waals surface area (Å²) >= 11 is 0. The predicted octanol–water partition coefficient (Wildman–Crippen LogP) is 0.781. The molecule has 4 heteroatoms. The van der Waals surface area contributed by atoms with Crippen molar-refractivity contribution in [2.24, 2.45) is 0 Å². The zero-order valence-corrected chi connectivity index (χ0v) is 6.96. The van der Waals surface area contributed by atoms with Crippen molar-refractivity contribution in [2.45, 2.75) is 32.2 Å². The van der Waals surface area contributed by atoms with E-state index in [1.165, 1.54) is 7.11 Å². The van der Waals surface area contributed by atoms with Gasteiger partial charge in [-0.2, -0.15) is 5.48 Å². The maximum atomic E-state index is 10.5. The number of hydrogen-bond acceptors (Lipinski definition) is 3. The van der Waals surface area contributed by atoms with E-state index in [0.29, 0.717) is 6.42 Å². The highest BCUT2D eigenvalue weighted by atomic mass is 16.6. The molecule has 66 valence electrons. The van der Waals surface area contributed by atoms with Crippen molar-refractivity contribution in [1.29, 1.82) is 0 Å². The summed E-state index contributed by atoms with van der Waals surface area (Å²) in [5.74, 6) is -0.861. The molecular formula is C7H15NO3. The van der Waals surface area contributed by atoms with Crippen molar-refractivity contribution in [3.63, 3.8) is 0 Å². The maximum Gasteiger partial charge on any atom is 0.323 e. The van der Waals surface area contributed by atoms with Crippen molar-refractivity contribution in [3.8, 4) is 0 Å². The molecule has 4 nitrogen and oxygen atoms in total. The number of unbranched alkanes of at least 4 members (excludes halogenated alkanes) is 1. The zero-order valence-electron chi connectivity index (χ0n) is 6.96. The standard InChI is InChI=1S/C7H15NO3/c1-3-4-5-6(7(9)10)8-11-2/h6,8H,3-5H2,1-2H3,(H,9,10). The van der Waals surface area contributed by atoms with E-state index in [1.807, 2.05) is 6.92 Å². The molecule has 0 aliphatic carbocycles. The molecule has 0 aliphatic heterocycles. The van der Waals surface area contributed by atoms with Crippen LogP contribution in [-0.2, 0) is 9.63 Å². The summed E-state index contributed by atoms with van der Waals surface area (Å²) < 4.78 is 0. The van der Waals surface area contributed by atoms with Gasteiger partial charge >= 0.3 is 5.97 Å². The van der Waals surface area contributed by atoms with Crippen LogP contribution in [0.3, 0.4) is 0 Å². The Morgan fingerprint density at radius 3 is 2.73 bits per heavy atom. The number of carbonyl (C=O) groups is 1. The molecule has 0 heterocycles. The van der Waals surface area contributed by atoms with Crippen LogP contribution in [0, 0.1) is 0 Å². The number of carboxylic acids is 1. The van der Waals surface area contributed by atoms with Gasteiger partial charge < -0.3 is 9.94 Å². The highest BCUT2D eigenvalue weighted by Gasteiger charge is 2.14. The average Bonchev–Trinajstić information content (AvgIpc) is 1.97. The Morgan fingerprint density at radius 2 is 2.36 bits per heavy atom. The number of nitrogens with one attached hydrogen (secondary N) is 1. The van der Waals surface area contributed by atoms with Gasteiger partial charge in [0, 0.05) is 0 Å². The Kier molecular flexibility index (Phi) is 5.78. The maximum absolute atomic E-state index is 10.5. The van der Waals surface area contributed by atoms with Crippen molar-refractivity contribution in [1.82, 2.24) is 5.48 Å². The third-order valence-corrected chi connectivity index (χ3v) is 1.40. The van der Waals surface area contributed by atoms with Crippen LogP contribution < -0.4 is 5.48 Å². The van der Waals surface area contributed by atoms with Gasteiger partial charge in [0.05, 0.1) is 7.11 Å². The van der Waals surface area contributed by atoms with E-state index in [-0.39, 0.29) is 0 Å². The van der Waals surface area contributed by atoms with Crippen molar-refractivity contribution in [2.75, 3.05) is 7.11 Å². The minimum Gasteiger partial charge on any atom is -0.480 e. The molecule has 0 aromatic carbocycles. The molecule has 11 heavy (non-hydrogen) atoms. The van der Waals surface area contributed by atoms with E-state index in [9.17, 15) is 4.79 Å². The van der Waals surface area contributed by atoms with E-state index in [1.54, 1.807) is 0 Å². The van der Waals surface area contributed by atoms with Crippen LogP contribution in [0.1, 0.15) is 26.2 Å². The molecule has 0 bridgehead atoms. The Bertz CT molecular complexity index is 116. The Hall–Kier alpha value is -0.610. The van der Waals surface area contributed by atoms with Crippen LogP contribution >= 0.6 is 0 Å². The number of aliphatic carboxylic acids is 1. The third-order valence-electron chi connectivity index (χ3n) is 1.40. The Morgan fingerprint density at radius 1 is 1.73 bits per heavy atom. The number of rotatable bonds is 6. The Labute approximate surface area is 66.5 Å². The summed E-state index contributed by atoms with van der Waals surface area (Å²) in [7, 11) is 1.42. The van der Waals surface area contributed by atoms with Gasteiger partial charge in [-0.25, -0.2) is 0 Å². The van der Waals surface area contributed by atoms with Gasteiger partial charge in [0.2, 0.25) is 0 Å². The summed E-state index contributed by atoms with van der Waals surface area (Å²) in [5.41, 5.74) is 2.42. The summed E-state index contributed by atoms with van der Waals surface area (Å²) in [6.07, 6.45) is 2.50. The van der Waals surface area contributed by atoms with E-state index < -0.39 is 12.0 Å². The first kappa shape index (κ1) is 10.4. The van der Waals surface area contributed by atoms with Gasteiger partial charge in [0.15, 0.2) is 0 Å². The molecule has 0 radical (unpaired) electrons. The number of hydrogen-bond donors (Lipinski definition) is 2. The first-order valence-electron chi connectivity index (χ1n) is 3.73. The van der Waals surface area contributed by atoms with Crippen LogP contribution in [0.25, 0.3) is 0 Å². The SMILES string of the molecule is CCCCC(NOC)C(=O)O. The highest BCUT2D eigenvalue weighted by molar-refractivity contribution is 5.73. The number of carboxylic acid groups (broad SMARTS) is 1. The summed E-state index contributed by atoms with van der Waals surface area (Å²) in [6.45, 7) is 2.02. The fourth-order valence-electron chi connectivity index (χ4n) is 0.783. The van der Waals surface area contributed by atoms with Crippen molar-refractivity contribution < 1.29 is 14.7 Å². The predicted molar refractivity (Wildman–Crippen MR) is 41.1 cm³/mol. The second kappa shape index (κ2) is 6.12. The fourth-order valence-corrected chi connectivity index (χ4v) is 0.783. The molecular weight excluding hydrogens is 146 g/mol. The monoisotopic (exact) mass is 161 g/mol. The molecule has 1 atom stereocenters. The van der Waals surface area contributed by atoms with Crippen molar-refractivity contribution in [3.05, 3.63) is 0 Å². The zero-order chi connectivity index (χ0) is 8.69. The van der Waals surface area contributed by atoms with E-state index in [0.717, 1.165) is 12.8 Å². The lowest BCUT2D eigenvalue weighted by molar-refractivity contribution is -0.143. The average molecular weight is 161 g/mol. The molecule has 1 unspecified atom stereocenters. The molecule has 0 saturated carbocycles. The van der Waals surface area contributed by atoms with Gasteiger partial charge in [-0.15, -0.1) is 0 Å². The largest absolute Gasteiger partial charge is 0.480 e. The minimum atomic E-state index is -0.861. The van der Waals surface area contributed by atoms with Gasteiger partial charge in [-0.1, -0.05) is 19.8 Å². The second-order valence-electron chi connectivity index (χ2n) is 2.36. The normalized spacial score (nSPS) is 12.9. The van der Waals surface area contributed by atoms with Crippen LogP contribution in [-0.4, -0.2) is 24.2 Å². The fraction of sp³-hybridized carbons (Fsp3) is 0.857. The molecule has 0 fully saturated rings. The summed E-state index contributed by atoms with van der Waals surface area (Å²) in [4.78, 5) is 15.0. The molecule has 0 aromatic rings. The Balaban J connectivity index is 3.60. The highest BCUT2D eigenvalue weighted by Crippen LogP contribution is 2.00. The third kappa shape index (κ3) is 4.75. The lowest BCUT2D eigenvalue weighted by Gasteiger charge is -2.10. The summed E-state index contributed by atoms with van der Waals surface area (Å²) in [6, 6.07) is -0.569. The lowest BCUT2D eigenvalue weighted by Crippen LogP contribution is -2.35. The second-order valence-corrected chi connectivity index (χ2v) is 2.36. The molecule has 0 spiro atoms. The van der Waals surface area contributed by atoms with Gasteiger partial charge in [0.25, 0.3) is 0 Å². The van der Waals surface area contributed by atoms with Crippen LogP contribution in [0.5, 0.6) is 0 Å². The first-order valence-corrected chi connectivity index (χ1v) is 3.73. The quantitative estimate of drug-likeness (QED) is 0.565. The minimum absolute atomic E-state index is 0.569. The first-order chi connectivity index (χ1) is 5.22. The van der Waals surface area contributed by atoms with E-state index >= 15 is 0 Å². The van der Waals surface area contributed by atoms with Crippen molar-refractivity contribution >= 4 is 5.97 Å². The smallest absolute Gasteiger partial charge is 0.323 e. The molecule has 2 N–H and O–H groups in total. The topological polar surface area (TPSA) is 58.6 Å². The van der Waals surface area contributed by atoms with E-state index in [4.69, 9.17) is 5.11 Å². The molecule has 0 saturated heterocycles. The molecule has 0 aromatic heterocycles. The molecule has 0 rings (SSSR count). The van der Waals surface area contributed by atoms with Crippen LogP contribution in [0.2, 0.25) is 0 Å². The molecule has 0 amide bonds. The molecule has 0 aliphatic rings. The lowest BCUT2D eigenvalue weighted by atomic mass is 10.1. The van der Waals surface area contributed by atoms with Gasteiger partial charge in [-0.05, 0) is 6.42 Å². The van der Waals surface area contributed by atoms with Gasteiger partial charge in [0.1, 0.15) is 6.04 Å². The van der Waals surface area contributed by atoms with Gasteiger partial charge in [-0.3, -0.25) is 4.79 Å². The van der Waals surface area contributed by atoms with Crippen LogP contribution in [0.4, 0.5) is 0 Å². The number of hydroxylamine groups is 1. The van der Waals surface area contributed by atoms with Crippen LogP contribution in [0.15, 0.2) is 0 Å².